The Hall–Kier alpha value is -1.61. The second kappa shape index (κ2) is 7.25. The second-order valence-corrected chi connectivity index (χ2v) is 5.71. The highest BCUT2D eigenvalue weighted by atomic mass is 16.1. The SMILES string of the molecule is CC(C)CNCCCCn1ccc2ccccc2c1=O. The van der Waals surface area contributed by atoms with E-state index in [1.165, 1.54) is 0 Å². The zero-order valence-corrected chi connectivity index (χ0v) is 12.4. The fourth-order valence-corrected chi connectivity index (χ4v) is 2.33. The van der Waals surface area contributed by atoms with Crippen molar-refractivity contribution in [3.8, 4) is 0 Å². The second-order valence-electron chi connectivity index (χ2n) is 5.71. The maximum Gasteiger partial charge on any atom is 0.258 e. The lowest BCUT2D eigenvalue weighted by Crippen LogP contribution is -2.22. The topological polar surface area (TPSA) is 34.0 Å². The third-order valence-corrected chi connectivity index (χ3v) is 3.44. The lowest BCUT2D eigenvalue weighted by atomic mass is 10.2. The van der Waals surface area contributed by atoms with Crippen LogP contribution >= 0.6 is 0 Å². The van der Waals surface area contributed by atoms with Crippen LogP contribution in [0.5, 0.6) is 0 Å². The summed E-state index contributed by atoms with van der Waals surface area (Å²) < 4.78 is 1.82. The first kappa shape index (κ1) is 14.8. The van der Waals surface area contributed by atoms with E-state index in [-0.39, 0.29) is 5.56 Å². The molecule has 0 radical (unpaired) electrons. The molecule has 0 aliphatic carbocycles. The molecule has 0 aliphatic heterocycles. The molecule has 0 saturated carbocycles. The number of hydrogen-bond donors (Lipinski definition) is 1. The molecular formula is C17H24N2O. The number of fused-ring (bicyclic) bond motifs is 1. The van der Waals surface area contributed by atoms with Crippen LogP contribution in [0, 0.1) is 5.92 Å². The van der Waals surface area contributed by atoms with E-state index in [0.29, 0.717) is 5.92 Å². The van der Waals surface area contributed by atoms with Gasteiger partial charge >= 0.3 is 0 Å². The summed E-state index contributed by atoms with van der Waals surface area (Å²) in [7, 11) is 0. The van der Waals surface area contributed by atoms with Crippen molar-refractivity contribution in [1.29, 1.82) is 0 Å². The summed E-state index contributed by atoms with van der Waals surface area (Å²) >= 11 is 0. The first-order valence-electron chi connectivity index (χ1n) is 7.47. The zero-order valence-electron chi connectivity index (χ0n) is 12.4. The molecule has 0 amide bonds. The van der Waals surface area contributed by atoms with Crippen molar-refractivity contribution in [1.82, 2.24) is 9.88 Å². The van der Waals surface area contributed by atoms with Crippen LogP contribution in [0.4, 0.5) is 0 Å². The molecule has 0 fully saturated rings. The van der Waals surface area contributed by atoms with Gasteiger partial charge in [-0.15, -0.1) is 0 Å². The smallest absolute Gasteiger partial charge is 0.258 e. The first-order valence-corrected chi connectivity index (χ1v) is 7.47. The molecule has 3 nitrogen and oxygen atoms in total. The minimum Gasteiger partial charge on any atom is -0.316 e. The monoisotopic (exact) mass is 272 g/mol. The number of benzene rings is 1. The van der Waals surface area contributed by atoms with Gasteiger partial charge in [-0.2, -0.15) is 0 Å². The van der Waals surface area contributed by atoms with Crippen molar-refractivity contribution in [3.05, 3.63) is 46.9 Å². The van der Waals surface area contributed by atoms with Crippen LogP contribution < -0.4 is 10.9 Å². The van der Waals surface area contributed by atoms with Gasteiger partial charge in [0.2, 0.25) is 0 Å². The van der Waals surface area contributed by atoms with Gasteiger partial charge in [-0.1, -0.05) is 32.0 Å². The van der Waals surface area contributed by atoms with Crippen molar-refractivity contribution in [2.45, 2.75) is 33.2 Å². The number of nitrogens with zero attached hydrogens (tertiary/aromatic N) is 1. The van der Waals surface area contributed by atoms with E-state index < -0.39 is 0 Å². The highest BCUT2D eigenvalue weighted by Gasteiger charge is 2.01. The van der Waals surface area contributed by atoms with Gasteiger partial charge in [-0.05, 0) is 49.4 Å². The average molecular weight is 272 g/mol. The molecule has 2 rings (SSSR count). The van der Waals surface area contributed by atoms with E-state index in [0.717, 1.165) is 43.2 Å². The Labute approximate surface area is 120 Å². The standard InChI is InChI=1S/C17H24N2O/c1-14(2)13-18-10-5-6-11-19-12-9-15-7-3-4-8-16(15)17(19)20/h3-4,7-9,12,14,18H,5-6,10-11,13H2,1-2H3. The van der Waals surface area contributed by atoms with Gasteiger partial charge in [-0.3, -0.25) is 4.79 Å². The van der Waals surface area contributed by atoms with Crippen LogP contribution in [0.15, 0.2) is 41.3 Å². The van der Waals surface area contributed by atoms with E-state index in [9.17, 15) is 4.79 Å². The van der Waals surface area contributed by atoms with E-state index >= 15 is 0 Å². The fourth-order valence-electron chi connectivity index (χ4n) is 2.33. The van der Waals surface area contributed by atoms with Crippen LogP contribution in [-0.2, 0) is 6.54 Å². The molecule has 0 spiro atoms. The van der Waals surface area contributed by atoms with Crippen molar-refractivity contribution >= 4 is 10.8 Å². The maximum atomic E-state index is 12.3. The average Bonchev–Trinajstić information content (AvgIpc) is 2.45. The van der Waals surface area contributed by atoms with Crippen molar-refractivity contribution in [2.24, 2.45) is 5.92 Å². The maximum absolute atomic E-state index is 12.3. The number of unbranched alkanes of at least 4 members (excludes halogenated alkanes) is 1. The summed E-state index contributed by atoms with van der Waals surface area (Å²) in [5.74, 6) is 0.693. The Balaban J connectivity index is 1.87. The summed E-state index contributed by atoms with van der Waals surface area (Å²) in [5.41, 5.74) is 0.123. The highest BCUT2D eigenvalue weighted by molar-refractivity contribution is 5.81. The Bertz CT molecular complexity index is 601. The molecule has 1 heterocycles. The van der Waals surface area contributed by atoms with Gasteiger partial charge < -0.3 is 9.88 Å². The van der Waals surface area contributed by atoms with Gasteiger partial charge in [0, 0.05) is 18.1 Å². The van der Waals surface area contributed by atoms with Gasteiger partial charge in [0.15, 0.2) is 0 Å². The molecule has 3 heteroatoms. The third kappa shape index (κ3) is 3.94. The summed E-state index contributed by atoms with van der Waals surface area (Å²) in [6.07, 6.45) is 4.04. The molecule has 1 N–H and O–H groups in total. The fraction of sp³-hybridized carbons (Fsp3) is 0.471. The highest BCUT2D eigenvalue weighted by Crippen LogP contribution is 2.08. The predicted molar refractivity (Wildman–Crippen MR) is 85.1 cm³/mol. The zero-order chi connectivity index (χ0) is 14.4. The summed E-state index contributed by atoms with van der Waals surface area (Å²) in [6, 6.07) is 9.79. The molecule has 1 aromatic heterocycles. The number of rotatable bonds is 7. The minimum atomic E-state index is 0.123. The number of hydrogen-bond acceptors (Lipinski definition) is 2. The van der Waals surface area contributed by atoms with Gasteiger partial charge in [0.25, 0.3) is 5.56 Å². The molecule has 0 saturated heterocycles. The lowest BCUT2D eigenvalue weighted by molar-refractivity contribution is 0.517. The Morgan fingerprint density at radius 3 is 2.75 bits per heavy atom. The van der Waals surface area contributed by atoms with E-state index in [1.807, 2.05) is 41.1 Å². The number of aromatic nitrogens is 1. The van der Waals surface area contributed by atoms with E-state index in [4.69, 9.17) is 0 Å². The van der Waals surface area contributed by atoms with Gasteiger partial charge in [0.1, 0.15) is 0 Å². The molecular weight excluding hydrogens is 248 g/mol. The molecule has 0 atom stereocenters. The number of pyridine rings is 1. The molecule has 0 bridgehead atoms. The Kier molecular flexibility index (Phi) is 5.36. The third-order valence-electron chi connectivity index (χ3n) is 3.44. The van der Waals surface area contributed by atoms with E-state index in [2.05, 4.69) is 19.2 Å². The first-order chi connectivity index (χ1) is 9.68. The van der Waals surface area contributed by atoms with Crippen molar-refractivity contribution < 1.29 is 0 Å². The molecule has 1 aromatic carbocycles. The van der Waals surface area contributed by atoms with Crippen molar-refractivity contribution in [3.63, 3.8) is 0 Å². The quantitative estimate of drug-likeness (QED) is 0.786. The Morgan fingerprint density at radius 1 is 1.15 bits per heavy atom. The molecule has 0 unspecified atom stereocenters. The summed E-state index contributed by atoms with van der Waals surface area (Å²) in [4.78, 5) is 12.3. The van der Waals surface area contributed by atoms with Crippen LogP contribution in [0.25, 0.3) is 10.8 Å². The molecule has 2 aromatic rings. The van der Waals surface area contributed by atoms with Crippen molar-refractivity contribution in [2.75, 3.05) is 13.1 Å². The van der Waals surface area contributed by atoms with Gasteiger partial charge in [0.05, 0.1) is 0 Å². The lowest BCUT2D eigenvalue weighted by Gasteiger charge is -2.09. The van der Waals surface area contributed by atoms with Crippen LogP contribution in [-0.4, -0.2) is 17.7 Å². The number of nitrogens with one attached hydrogen (secondary N) is 1. The molecule has 20 heavy (non-hydrogen) atoms. The normalized spacial score (nSPS) is 11.3. The molecule has 0 aliphatic rings. The largest absolute Gasteiger partial charge is 0.316 e. The molecule has 108 valence electrons. The van der Waals surface area contributed by atoms with Gasteiger partial charge in [-0.25, -0.2) is 0 Å². The van der Waals surface area contributed by atoms with Crippen LogP contribution in [0.2, 0.25) is 0 Å². The minimum absolute atomic E-state index is 0.123. The van der Waals surface area contributed by atoms with Crippen LogP contribution in [0.3, 0.4) is 0 Å². The number of aryl methyl sites for hydroxylation is 1. The Morgan fingerprint density at radius 2 is 1.95 bits per heavy atom. The van der Waals surface area contributed by atoms with E-state index in [1.54, 1.807) is 0 Å². The summed E-state index contributed by atoms with van der Waals surface area (Å²) in [6.45, 7) is 7.31. The predicted octanol–water partition coefficient (Wildman–Crippen LogP) is 3.03. The van der Waals surface area contributed by atoms with Crippen LogP contribution in [0.1, 0.15) is 26.7 Å². The summed E-state index contributed by atoms with van der Waals surface area (Å²) in [5, 5.41) is 5.26.